The van der Waals surface area contributed by atoms with Crippen LogP contribution < -0.4 is 10.3 Å². The van der Waals surface area contributed by atoms with Crippen LogP contribution in [0.2, 0.25) is 0 Å². The van der Waals surface area contributed by atoms with Crippen LogP contribution in [0.5, 0.6) is 11.5 Å². The number of amides is 1. The monoisotopic (exact) mass is 327 g/mol. The maximum Gasteiger partial charge on any atom is 0.275 e. The van der Waals surface area contributed by atoms with E-state index in [0.29, 0.717) is 5.56 Å². The number of para-hydroxylation sites is 1. The van der Waals surface area contributed by atoms with E-state index in [4.69, 9.17) is 0 Å². The minimum absolute atomic E-state index is 0.0833. The lowest BCUT2D eigenvalue weighted by atomic mass is 10.2. The number of phenols is 2. The molecule has 2 aromatic carbocycles. The Kier molecular flexibility index (Phi) is 5.78. The average Bonchev–Trinajstić information content (AvgIpc) is 2.58. The van der Waals surface area contributed by atoms with Crippen LogP contribution in [-0.4, -0.2) is 35.4 Å². The van der Waals surface area contributed by atoms with Gasteiger partial charge < -0.3 is 15.1 Å². The molecule has 0 heterocycles. The molecule has 0 aliphatic carbocycles. The molecule has 6 nitrogen and oxygen atoms in total. The van der Waals surface area contributed by atoms with Gasteiger partial charge in [0.05, 0.1) is 11.8 Å². The Morgan fingerprint density at radius 1 is 1.12 bits per heavy atom. The molecule has 0 radical (unpaired) electrons. The van der Waals surface area contributed by atoms with Gasteiger partial charge >= 0.3 is 0 Å². The molecule has 6 heteroatoms. The summed E-state index contributed by atoms with van der Waals surface area (Å²) in [5.74, 6) is -0.555. The highest BCUT2D eigenvalue weighted by Gasteiger charge is 2.09. The van der Waals surface area contributed by atoms with Gasteiger partial charge in [0.15, 0.2) is 0 Å². The van der Waals surface area contributed by atoms with Crippen LogP contribution in [0.15, 0.2) is 47.6 Å². The zero-order valence-corrected chi connectivity index (χ0v) is 13.7. The number of aromatic hydroxyl groups is 2. The van der Waals surface area contributed by atoms with Gasteiger partial charge in [0.25, 0.3) is 5.91 Å². The lowest BCUT2D eigenvalue weighted by Gasteiger charge is -2.21. The zero-order valence-electron chi connectivity index (χ0n) is 13.7. The summed E-state index contributed by atoms with van der Waals surface area (Å²) in [4.78, 5) is 14.0. The molecule has 0 bridgehead atoms. The van der Waals surface area contributed by atoms with Crippen LogP contribution in [0, 0.1) is 0 Å². The highest BCUT2D eigenvalue weighted by molar-refractivity contribution is 5.97. The average molecular weight is 327 g/mol. The Bertz CT molecular complexity index is 740. The lowest BCUT2D eigenvalue weighted by Crippen LogP contribution is -2.21. The van der Waals surface area contributed by atoms with Gasteiger partial charge in [-0.1, -0.05) is 12.1 Å². The first-order valence-corrected chi connectivity index (χ1v) is 7.76. The molecule has 0 saturated heterocycles. The molecule has 3 N–H and O–H groups in total. The fraction of sp³-hybridized carbons (Fsp3) is 0.222. The number of hydrogen-bond donors (Lipinski definition) is 3. The second-order valence-electron chi connectivity index (χ2n) is 5.13. The summed E-state index contributed by atoms with van der Waals surface area (Å²) in [5, 5.41) is 23.5. The van der Waals surface area contributed by atoms with E-state index in [1.807, 2.05) is 19.9 Å². The number of benzene rings is 2. The van der Waals surface area contributed by atoms with Crippen molar-refractivity contribution in [3.8, 4) is 11.5 Å². The smallest absolute Gasteiger partial charge is 0.275 e. The quantitative estimate of drug-likeness (QED) is 0.562. The number of anilines is 1. The van der Waals surface area contributed by atoms with Crippen LogP contribution in [0.4, 0.5) is 5.69 Å². The largest absolute Gasteiger partial charge is 0.507 e. The van der Waals surface area contributed by atoms with Crippen molar-refractivity contribution in [3.05, 3.63) is 53.6 Å². The van der Waals surface area contributed by atoms with Crippen LogP contribution in [0.25, 0.3) is 0 Å². The summed E-state index contributed by atoms with van der Waals surface area (Å²) >= 11 is 0. The predicted octanol–water partition coefficient (Wildman–Crippen LogP) is 2.71. The van der Waals surface area contributed by atoms with Crippen molar-refractivity contribution < 1.29 is 15.0 Å². The third kappa shape index (κ3) is 4.04. The first-order chi connectivity index (χ1) is 11.6. The SMILES string of the molecule is CCN(CC)c1ccc(C=NNC(=O)c2ccccc2O)c(O)c1. The van der Waals surface area contributed by atoms with Crippen molar-refractivity contribution >= 4 is 17.8 Å². The van der Waals surface area contributed by atoms with Gasteiger partial charge in [0, 0.05) is 30.4 Å². The zero-order chi connectivity index (χ0) is 17.5. The van der Waals surface area contributed by atoms with Crippen LogP contribution in [0.1, 0.15) is 29.8 Å². The summed E-state index contributed by atoms with van der Waals surface area (Å²) in [6, 6.07) is 11.5. The molecular weight excluding hydrogens is 306 g/mol. The standard InChI is InChI=1S/C18H21N3O3/c1-3-21(4-2)14-10-9-13(17(23)11-14)12-19-20-18(24)15-7-5-6-8-16(15)22/h5-12,22-23H,3-4H2,1-2H3,(H,20,24). The summed E-state index contributed by atoms with van der Waals surface area (Å²) in [6.45, 7) is 5.79. The van der Waals surface area contributed by atoms with Crippen molar-refractivity contribution in [1.82, 2.24) is 5.43 Å². The minimum Gasteiger partial charge on any atom is -0.507 e. The summed E-state index contributed by atoms with van der Waals surface area (Å²) in [7, 11) is 0. The van der Waals surface area contributed by atoms with Gasteiger partial charge in [-0.25, -0.2) is 5.43 Å². The number of hydrogen-bond acceptors (Lipinski definition) is 5. The molecule has 0 fully saturated rings. The van der Waals surface area contributed by atoms with Crippen molar-refractivity contribution in [2.75, 3.05) is 18.0 Å². The second-order valence-corrected chi connectivity index (χ2v) is 5.13. The van der Waals surface area contributed by atoms with Crippen LogP contribution in [-0.2, 0) is 0 Å². The maximum atomic E-state index is 11.9. The predicted molar refractivity (Wildman–Crippen MR) is 94.8 cm³/mol. The Balaban J connectivity index is 2.07. The number of nitrogens with zero attached hydrogens (tertiary/aromatic N) is 2. The van der Waals surface area contributed by atoms with E-state index < -0.39 is 5.91 Å². The Hall–Kier alpha value is -3.02. The number of nitrogens with one attached hydrogen (secondary N) is 1. The molecule has 1 amide bonds. The number of hydrazone groups is 1. The summed E-state index contributed by atoms with van der Waals surface area (Å²) in [5.41, 5.74) is 3.87. The first-order valence-electron chi connectivity index (χ1n) is 7.76. The number of phenolic OH excluding ortho intramolecular Hbond substituents is 2. The van der Waals surface area contributed by atoms with E-state index in [-0.39, 0.29) is 17.1 Å². The van der Waals surface area contributed by atoms with E-state index in [1.165, 1.54) is 18.3 Å². The molecule has 24 heavy (non-hydrogen) atoms. The Labute approximate surface area is 141 Å². The molecule has 2 aromatic rings. The Morgan fingerprint density at radius 3 is 2.46 bits per heavy atom. The van der Waals surface area contributed by atoms with Crippen molar-refractivity contribution in [3.63, 3.8) is 0 Å². The third-order valence-corrected chi connectivity index (χ3v) is 3.66. The topological polar surface area (TPSA) is 85.2 Å². The van der Waals surface area contributed by atoms with Gasteiger partial charge in [-0.2, -0.15) is 5.10 Å². The van der Waals surface area contributed by atoms with Gasteiger partial charge in [0.2, 0.25) is 0 Å². The van der Waals surface area contributed by atoms with E-state index in [9.17, 15) is 15.0 Å². The van der Waals surface area contributed by atoms with Gasteiger partial charge in [-0.3, -0.25) is 4.79 Å². The second kappa shape index (κ2) is 8.01. The van der Waals surface area contributed by atoms with Crippen LogP contribution in [0.3, 0.4) is 0 Å². The van der Waals surface area contributed by atoms with Crippen LogP contribution >= 0.6 is 0 Å². The maximum absolute atomic E-state index is 11.9. The molecule has 0 unspecified atom stereocenters. The van der Waals surface area contributed by atoms with Crippen molar-refractivity contribution in [2.24, 2.45) is 5.10 Å². The molecule has 0 aliphatic rings. The molecule has 0 atom stereocenters. The lowest BCUT2D eigenvalue weighted by molar-refractivity contribution is 0.0952. The fourth-order valence-corrected chi connectivity index (χ4v) is 2.31. The fourth-order valence-electron chi connectivity index (χ4n) is 2.31. The van der Waals surface area contributed by atoms with Gasteiger partial charge in [-0.15, -0.1) is 0 Å². The summed E-state index contributed by atoms with van der Waals surface area (Å²) < 4.78 is 0. The highest BCUT2D eigenvalue weighted by atomic mass is 16.3. The third-order valence-electron chi connectivity index (χ3n) is 3.66. The molecule has 2 rings (SSSR count). The molecule has 0 saturated carbocycles. The highest BCUT2D eigenvalue weighted by Crippen LogP contribution is 2.23. The Morgan fingerprint density at radius 2 is 1.83 bits per heavy atom. The minimum atomic E-state index is -0.524. The van der Waals surface area contributed by atoms with Gasteiger partial charge in [0.1, 0.15) is 11.5 Å². The molecule has 126 valence electrons. The normalized spacial score (nSPS) is 10.8. The van der Waals surface area contributed by atoms with E-state index in [0.717, 1.165) is 18.8 Å². The molecular formula is C18H21N3O3. The van der Waals surface area contributed by atoms with E-state index >= 15 is 0 Å². The van der Waals surface area contributed by atoms with E-state index in [1.54, 1.807) is 24.3 Å². The number of carbonyl (C=O) groups excluding carboxylic acids is 1. The van der Waals surface area contributed by atoms with E-state index in [2.05, 4.69) is 15.4 Å². The van der Waals surface area contributed by atoms with Crippen molar-refractivity contribution in [1.29, 1.82) is 0 Å². The first kappa shape index (κ1) is 17.3. The number of rotatable bonds is 6. The van der Waals surface area contributed by atoms with Crippen molar-refractivity contribution in [2.45, 2.75) is 13.8 Å². The molecule has 0 spiro atoms. The number of carbonyl (C=O) groups is 1. The molecule has 0 aliphatic heterocycles. The summed E-state index contributed by atoms with van der Waals surface area (Å²) in [6.07, 6.45) is 1.36. The molecule has 0 aromatic heterocycles. The van der Waals surface area contributed by atoms with Gasteiger partial charge in [-0.05, 0) is 38.1 Å².